The molecule has 0 spiro atoms. The van der Waals surface area contributed by atoms with Crippen LogP contribution in [0.4, 0.5) is 5.95 Å². The minimum atomic E-state index is -0.738. The molecule has 0 saturated carbocycles. The maximum atomic E-state index is 12.2. The number of ether oxygens (including phenoxy) is 1. The molecule has 2 heterocycles. The molecular weight excluding hydrogens is 354 g/mol. The van der Waals surface area contributed by atoms with Crippen molar-refractivity contribution in [3.05, 3.63) is 46.7 Å². The van der Waals surface area contributed by atoms with E-state index < -0.39 is 11.9 Å². The Morgan fingerprint density at radius 1 is 1.23 bits per heavy atom. The third-order valence-corrected chi connectivity index (χ3v) is 4.44. The van der Waals surface area contributed by atoms with Crippen LogP contribution in [0.15, 0.2) is 41.8 Å². The Bertz CT molecular complexity index is 907. The molecule has 0 aliphatic carbocycles. The molecule has 0 bridgehead atoms. The van der Waals surface area contributed by atoms with Crippen LogP contribution in [0.5, 0.6) is 5.75 Å². The molecule has 3 N–H and O–H groups in total. The molecule has 0 unspecified atom stereocenters. The highest BCUT2D eigenvalue weighted by atomic mass is 32.1. The van der Waals surface area contributed by atoms with Crippen molar-refractivity contribution in [2.75, 3.05) is 12.4 Å². The van der Waals surface area contributed by atoms with E-state index in [2.05, 4.69) is 25.8 Å². The van der Waals surface area contributed by atoms with Gasteiger partial charge in [-0.1, -0.05) is 18.2 Å². The van der Waals surface area contributed by atoms with Gasteiger partial charge in [0.05, 0.1) is 17.6 Å². The lowest BCUT2D eigenvalue weighted by molar-refractivity contribution is -0.117. The molecule has 3 aromatic rings. The number of hydrogen-bond donors (Lipinski definition) is 3. The van der Waals surface area contributed by atoms with Gasteiger partial charge in [-0.2, -0.15) is 4.98 Å². The number of H-pyrrole nitrogens is 1. The Balaban J connectivity index is 1.65. The van der Waals surface area contributed by atoms with Gasteiger partial charge >= 0.3 is 0 Å². The minimum Gasteiger partial charge on any atom is -0.496 e. The Morgan fingerprint density at radius 2 is 2.04 bits per heavy atom. The molecule has 1 atom stereocenters. The number of methoxy groups -OCH3 is 1. The molecule has 0 aliphatic heterocycles. The fourth-order valence-corrected chi connectivity index (χ4v) is 2.86. The first-order valence-corrected chi connectivity index (χ1v) is 8.67. The number of thiophene rings is 1. The first-order valence-electron chi connectivity index (χ1n) is 7.79. The third kappa shape index (κ3) is 3.89. The lowest BCUT2D eigenvalue weighted by atomic mass is 10.2. The van der Waals surface area contributed by atoms with Gasteiger partial charge in [0.25, 0.3) is 5.91 Å². The summed E-state index contributed by atoms with van der Waals surface area (Å²) in [5.41, 5.74) is 0.724. The summed E-state index contributed by atoms with van der Waals surface area (Å²) in [5.74, 6) is 0.507. The van der Waals surface area contributed by atoms with E-state index in [0.29, 0.717) is 16.5 Å². The van der Waals surface area contributed by atoms with E-state index in [0.717, 1.165) is 5.56 Å². The van der Waals surface area contributed by atoms with E-state index in [9.17, 15) is 9.59 Å². The summed E-state index contributed by atoms with van der Waals surface area (Å²) in [7, 11) is 1.57. The van der Waals surface area contributed by atoms with Crippen LogP contribution in [0.1, 0.15) is 16.6 Å². The molecule has 2 aromatic heterocycles. The number of para-hydroxylation sites is 1. The van der Waals surface area contributed by atoms with Crippen LogP contribution < -0.4 is 15.4 Å². The van der Waals surface area contributed by atoms with Crippen LogP contribution in [-0.4, -0.2) is 40.1 Å². The number of rotatable bonds is 6. The Hall–Kier alpha value is -3.20. The Labute approximate surface area is 153 Å². The average molecular weight is 371 g/mol. The lowest BCUT2D eigenvalue weighted by Crippen LogP contribution is -2.41. The van der Waals surface area contributed by atoms with Gasteiger partial charge in [0.15, 0.2) is 5.82 Å². The van der Waals surface area contributed by atoms with Gasteiger partial charge in [-0.3, -0.25) is 20.0 Å². The number of benzene rings is 1. The average Bonchev–Trinajstić information content (AvgIpc) is 3.33. The highest BCUT2D eigenvalue weighted by molar-refractivity contribution is 7.12. The number of carbonyl (C=O) groups excluding carboxylic acids is 2. The number of hydrogen-bond acceptors (Lipinski definition) is 6. The molecule has 0 radical (unpaired) electrons. The fourth-order valence-electron chi connectivity index (χ4n) is 2.24. The number of nitrogens with one attached hydrogen (secondary N) is 3. The molecule has 8 nitrogen and oxygen atoms in total. The zero-order chi connectivity index (χ0) is 18.5. The van der Waals surface area contributed by atoms with Crippen LogP contribution in [0, 0.1) is 0 Å². The third-order valence-electron chi connectivity index (χ3n) is 3.57. The highest BCUT2D eigenvalue weighted by Gasteiger charge is 2.19. The maximum absolute atomic E-state index is 12.2. The summed E-state index contributed by atoms with van der Waals surface area (Å²) in [5, 5.41) is 13.8. The number of aromatic nitrogens is 3. The molecule has 134 valence electrons. The van der Waals surface area contributed by atoms with E-state index in [1.54, 1.807) is 37.6 Å². The van der Waals surface area contributed by atoms with Gasteiger partial charge < -0.3 is 10.1 Å². The zero-order valence-electron chi connectivity index (χ0n) is 14.1. The molecule has 2 amide bonds. The van der Waals surface area contributed by atoms with Crippen molar-refractivity contribution < 1.29 is 14.3 Å². The number of nitrogens with zero attached hydrogens (tertiary/aromatic N) is 2. The van der Waals surface area contributed by atoms with Crippen LogP contribution in [0.25, 0.3) is 11.4 Å². The Kier molecular flexibility index (Phi) is 5.28. The topological polar surface area (TPSA) is 109 Å². The van der Waals surface area contributed by atoms with Crippen molar-refractivity contribution >= 4 is 29.1 Å². The van der Waals surface area contributed by atoms with Gasteiger partial charge in [-0.05, 0) is 30.5 Å². The van der Waals surface area contributed by atoms with Gasteiger partial charge in [-0.15, -0.1) is 16.4 Å². The maximum Gasteiger partial charge on any atom is 0.261 e. The number of anilines is 1. The van der Waals surface area contributed by atoms with Crippen molar-refractivity contribution in [1.82, 2.24) is 20.5 Å². The minimum absolute atomic E-state index is 0.119. The van der Waals surface area contributed by atoms with Crippen LogP contribution >= 0.6 is 11.3 Å². The first-order chi connectivity index (χ1) is 12.6. The molecular formula is C17H17N5O3S. The second-order valence-corrected chi connectivity index (χ2v) is 6.32. The van der Waals surface area contributed by atoms with Crippen LogP contribution in [0.2, 0.25) is 0 Å². The fraction of sp³-hybridized carbons (Fsp3) is 0.176. The van der Waals surface area contributed by atoms with Gasteiger partial charge in [-0.25, -0.2) is 0 Å². The predicted molar refractivity (Wildman–Crippen MR) is 98.2 cm³/mol. The van der Waals surface area contributed by atoms with E-state index in [1.807, 2.05) is 18.2 Å². The van der Waals surface area contributed by atoms with Crippen molar-refractivity contribution in [2.45, 2.75) is 13.0 Å². The summed E-state index contributed by atoms with van der Waals surface area (Å²) in [6.07, 6.45) is 0. The van der Waals surface area contributed by atoms with E-state index >= 15 is 0 Å². The normalized spacial score (nSPS) is 11.6. The molecule has 1 aromatic carbocycles. The molecule has 0 aliphatic rings. The van der Waals surface area contributed by atoms with Gasteiger partial charge in [0.1, 0.15) is 11.8 Å². The second kappa shape index (κ2) is 7.79. The quantitative estimate of drug-likeness (QED) is 0.616. The van der Waals surface area contributed by atoms with E-state index in [4.69, 9.17) is 4.74 Å². The summed E-state index contributed by atoms with van der Waals surface area (Å²) >= 11 is 1.31. The smallest absolute Gasteiger partial charge is 0.261 e. The van der Waals surface area contributed by atoms with E-state index in [1.165, 1.54) is 11.3 Å². The monoisotopic (exact) mass is 371 g/mol. The number of aromatic amines is 1. The second-order valence-electron chi connectivity index (χ2n) is 5.37. The molecule has 26 heavy (non-hydrogen) atoms. The van der Waals surface area contributed by atoms with Gasteiger partial charge in [0.2, 0.25) is 11.9 Å². The SMILES string of the molecule is COc1ccccc1-c1nc(NC(=O)[C@@H](C)NC(=O)c2cccs2)n[nH]1. The van der Waals surface area contributed by atoms with Crippen molar-refractivity contribution in [3.8, 4) is 17.1 Å². The lowest BCUT2D eigenvalue weighted by Gasteiger charge is -2.11. The largest absolute Gasteiger partial charge is 0.496 e. The van der Waals surface area contributed by atoms with Crippen molar-refractivity contribution in [2.24, 2.45) is 0 Å². The molecule has 9 heteroatoms. The summed E-state index contributed by atoms with van der Waals surface area (Å²) in [6, 6.07) is 10.1. The van der Waals surface area contributed by atoms with E-state index in [-0.39, 0.29) is 11.9 Å². The van der Waals surface area contributed by atoms with Crippen molar-refractivity contribution in [1.29, 1.82) is 0 Å². The zero-order valence-corrected chi connectivity index (χ0v) is 15.0. The summed E-state index contributed by atoms with van der Waals surface area (Å²) in [4.78, 5) is 29.0. The van der Waals surface area contributed by atoms with Crippen LogP contribution in [-0.2, 0) is 4.79 Å². The molecule has 3 rings (SSSR count). The van der Waals surface area contributed by atoms with Gasteiger partial charge in [0, 0.05) is 0 Å². The first kappa shape index (κ1) is 17.6. The standard InChI is InChI=1S/C17H17N5O3S/c1-10(18-16(24)13-8-5-9-26-13)15(23)20-17-19-14(21-22-17)11-6-3-4-7-12(11)25-2/h3-10H,1-2H3,(H,18,24)(H2,19,20,21,22,23)/t10-/m1/s1. The molecule has 0 saturated heterocycles. The summed E-state index contributed by atoms with van der Waals surface area (Å²) in [6.45, 7) is 1.59. The number of carbonyl (C=O) groups is 2. The summed E-state index contributed by atoms with van der Waals surface area (Å²) < 4.78 is 5.29. The van der Waals surface area contributed by atoms with Crippen LogP contribution in [0.3, 0.4) is 0 Å². The highest BCUT2D eigenvalue weighted by Crippen LogP contribution is 2.27. The molecule has 0 fully saturated rings. The Morgan fingerprint density at radius 3 is 2.77 bits per heavy atom. The van der Waals surface area contributed by atoms with Crippen molar-refractivity contribution in [3.63, 3.8) is 0 Å². The predicted octanol–water partition coefficient (Wildman–Crippen LogP) is 2.30. The number of amides is 2.